The van der Waals surface area contributed by atoms with Gasteiger partial charge in [0.1, 0.15) is 11.3 Å². The summed E-state index contributed by atoms with van der Waals surface area (Å²) in [6.45, 7) is 0. The zero-order chi connectivity index (χ0) is 20.5. The number of oxazole rings is 1. The van der Waals surface area contributed by atoms with Gasteiger partial charge in [0.25, 0.3) is 11.9 Å². The van der Waals surface area contributed by atoms with Gasteiger partial charge < -0.3 is 15.1 Å². The number of nitrogens with zero attached hydrogens (tertiary/aromatic N) is 4. The third-order valence-electron chi connectivity index (χ3n) is 5.27. The van der Waals surface area contributed by atoms with Gasteiger partial charge in [-0.05, 0) is 43.5 Å². The molecule has 30 heavy (non-hydrogen) atoms. The van der Waals surface area contributed by atoms with Crippen LogP contribution in [0.15, 0.2) is 59.3 Å². The number of fused-ring (bicyclic) bond motifs is 1. The molecule has 8 nitrogen and oxygen atoms in total. The van der Waals surface area contributed by atoms with E-state index in [2.05, 4.69) is 25.8 Å². The SMILES string of the molecule is O=C(N[C@H]1CCC[C@H]1Nc1nc2cc(F)ccc2o1)c1ccccc1-n1nccn1. The first-order valence-corrected chi connectivity index (χ1v) is 9.76. The van der Waals surface area contributed by atoms with Gasteiger partial charge in [0.15, 0.2) is 5.58 Å². The second-order valence-electron chi connectivity index (χ2n) is 7.23. The van der Waals surface area contributed by atoms with Gasteiger partial charge in [0, 0.05) is 12.1 Å². The van der Waals surface area contributed by atoms with Crippen LogP contribution in [0.2, 0.25) is 0 Å². The molecule has 1 aliphatic rings. The van der Waals surface area contributed by atoms with Gasteiger partial charge in [-0.2, -0.15) is 20.0 Å². The van der Waals surface area contributed by atoms with E-state index < -0.39 is 0 Å². The fourth-order valence-corrected chi connectivity index (χ4v) is 3.85. The molecule has 152 valence electrons. The molecule has 1 fully saturated rings. The number of hydrogen-bond donors (Lipinski definition) is 2. The number of halogens is 1. The van der Waals surface area contributed by atoms with E-state index in [-0.39, 0.29) is 23.8 Å². The summed E-state index contributed by atoms with van der Waals surface area (Å²) in [6.07, 6.45) is 5.79. The van der Waals surface area contributed by atoms with Crippen LogP contribution < -0.4 is 10.6 Å². The highest BCUT2D eigenvalue weighted by Gasteiger charge is 2.30. The molecule has 0 bridgehead atoms. The minimum atomic E-state index is -0.362. The van der Waals surface area contributed by atoms with Crippen molar-refractivity contribution in [1.29, 1.82) is 0 Å². The van der Waals surface area contributed by atoms with Crippen LogP contribution in [-0.4, -0.2) is 38.0 Å². The largest absolute Gasteiger partial charge is 0.424 e. The van der Waals surface area contributed by atoms with Gasteiger partial charge >= 0.3 is 0 Å². The Balaban J connectivity index is 1.33. The predicted molar refractivity (Wildman–Crippen MR) is 108 cm³/mol. The van der Waals surface area contributed by atoms with Crippen LogP contribution in [0.5, 0.6) is 0 Å². The van der Waals surface area contributed by atoms with Crippen LogP contribution in [0.4, 0.5) is 10.4 Å². The average molecular weight is 406 g/mol. The Morgan fingerprint density at radius 3 is 2.77 bits per heavy atom. The molecule has 1 aliphatic carbocycles. The summed E-state index contributed by atoms with van der Waals surface area (Å²) in [7, 11) is 0. The predicted octanol–water partition coefficient (Wildman–Crippen LogP) is 3.31. The molecule has 0 spiro atoms. The molecule has 1 saturated carbocycles. The normalized spacial score (nSPS) is 18.6. The van der Waals surface area contributed by atoms with E-state index >= 15 is 0 Å². The second kappa shape index (κ2) is 7.58. The number of rotatable bonds is 5. The second-order valence-corrected chi connectivity index (χ2v) is 7.23. The van der Waals surface area contributed by atoms with Crippen molar-refractivity contribution in [2.45, 2.75) is 31.3 Å². The number of nitrogens with one attached hydrogen (secondary N) is 2. The third kappa shape index (κ3) is 3.49. The lowest BCUT2D eigenvalue weighted by atomic mass is 10.1. The molecule has 9 heteroatoms. The molecule has 0 saturated heterocycles. The van der Waals surface area contributed by atoms with Crippen molar-refractivity contribution in [2.75, 3.05) is 5.32 Å². The standard InChI is InChI=1S/C21H19FN6O2/c22-13-8-9-19-17(12-13)27-21(30-19)26-16-6-3-5-15(16)25-20(29)14-4-1-2-7-18(14)28-23-10-11-24-28/h1-2,4,7-12,15-16H,3,5-6H2,(H,25,29)(H,26,27)/t15-,16+/m0/s1. The monoisotopic (exact) mass is 406 g/mol. The minimum absolute atomic E-state index is 0.0400. The number of benzene rings is 2. The molecule has 2 N–H and O–H groups in total. The molecule has 4 aromatic rings. The summed E-state index contributed by atoms with van der Waals surface area (Å²) in [5, 5.41) is 14.6. The lowest BCUT2D eigenvalue weighted by Crippen LogP contribution is -2.43. The number of para-hydroxylation sites is 1. The lowest BCUT2D eigenvalue weighted by molar-refractivity contribution is 0.0935. The molecule has 2 heterocycles. The molecular weight excluding hydrogens is 387 g/mol. The van der Waals surface area contributed by atoms with Crippen LogP contribution in [0.1, 0.15) is 29.6 Å². The Kier molecular flexibility index (Phi) is 4.62. The zero-order valence-corrected chi connectivity index (χ0v) is 16.0. The topological polar surface area (TPSA) is 97.9 Å². The van der Waals surface area contributed by atoms with E-state index in [1.165, 1.54) is 16.9 Å². The molecule has 2 aromatic carbocycles. The highest BCUT2D eigenvalue weighted by Crippen LogP contribution is 2.26. The molecule has 1 amide bonds. The van der Waals surface area contributed by atoms with Crippen molar-refractivity contribution in [3.8, 4) is 5.69 Å². The summed E-state index contributed by atoms with van der Waals surface area (Å²) in [6, 6.07) is 11.6. The first-order valence-electron chi connectivity index (χ1n) is 9.76. The summed E-state index contributed by atoms with van der Waals surface area (Å²) >= 11 is 0. The highest BCUT2D eigenvalue weighted by molar-refractivity contribution is 5.98. The number of anilines is 1. The fourth-order valence-electron chi connectivity index (χ4n) is 3.85. The van der Waals surface area contributed by atoms with E-state index in [1.54, 1.807) is 30.6 Å². The van der Waals surface area contributed by atoms with Crippen molar-refractivity contribution in [3.63, 3.8) is 0 Å². The van der Waals surface area contributed by atoms with Crippen LogP contribution >= 0.6 is 0 Å². The van der Waals surface area contributed by atoms with Crippen molar-refractivity contribution in [2.24, 2.45) is 0 Å². The van der Waals surface area contributed by atoms with Gasteiger partial charge in [-0.3, -0.25) is 4.79 Å². The van der Waals surface area contributed by atoms with E-state index in [0.29, 0.717) is 28.4 Å². The van der Waals surface area contributed by atoms with Crippen molar-refractivity contribution in [3.05, 3.63) is 66.2 Å². The molecule has 0 unspecified atom stereocenters. The van der Waals surface area contributed by atoms with Gasteiger partial charge in [-0.15, -0.1) is 0 Å². The summed E-state index contributed by atoms with van der Waals surface area (Å²) < 4.78 is 19.1. The van der Waals surface area contributed by atoms with E-state index in [0.717, 1.165) is 19.3 Å². The molecular formula is C21H19FN6O2. The first-order chi connectivity index (χ1) is 14.7. The molecule has 0 aliphatic heterocycles. The number of aromatic nitrogens is 4. The maximum atomic E-state index is 13.4. The van der Waals surface area contributed by atoms with E-state index in [9.17, 15) is 9.18 Å². The highest BCUT2D eigenvalue weighted by atomic mass is 19.1. The number of hydrogen-bond acceptors (Lipinski definition) is 6. The average Bonchev–Trinajstić information content (AvgIpc) is 3.49. The molecule has 5 rings (SSSR count). The maximum absolute atomic E-state index is 13.4. The number of carbonyl (C=O) groups excluding carboxylic acids is 1. The Labute approximate surface area is 171 Å². The molecule has 0 radical (unpaired) electrons. The van der Waals surface area contributed by atoms with Crippen LogP contribution in [0.25, 0.3) is 16.8 Å². The molecule has 2 atom stereocenters. The fraction of sp³-hybridized carbons (Fsp3) is 0.238. The van der Waals surface area contributed by atoms with Crippen LogP contribution in [0, 0.1) is 5.82 Å². The Bertz CT molecular complexity index is 1190. The van der Waals surface area contributed by atoms with Crippen molar-refractivity contribution in [1.82, 2.24) is 25.3 Å². The molecule has 2 aromatic heterocycles. The Morgan fingerprint density at radius 1 is 1.10 bits per heavy atom. The minimum Gasteiger partial charge on any atom is -0.424 e. The van der Waals surface area contributed by atoms with Crippen LogP contribution in [0.3, 0.4) is 0 Å². The Hall–Kier alpha value is -3.75. The maximum Gasteiger partial charge on any atom is 0.295 e. The van der Waals surface area contributed by atoms with E-state index in [1.807, 2.05) is 12.1 Å². The number of amides is 1. The van der Waals surface area contributed by atoms with E-state index in [4.69, 9.17) is 4.42 Å². The Morgan fingerprint density at radius 2 is 1.90 bits per heavy atom. The summed E-state index contributed by atoms with van der Waals surface area (Å²) in [5.41, 5.74) is 2.08. The smallest absolute Gasteiger partial charge is 0.295 e. The summed E-state index contributed by atoms with van der Waals surface area (Å²) in [5.74, 6) is -0.556. The van der Waals surface area contributed by atoms with Gasteiger partial charge in [0.2, 0.25) is 0 Å². The van der Waals surface area contributed by atoms with Gasteiger partial charge in [-0.1, -0.05) is 12.1 Å². The quantitative estimate of drug-likeness (QED) is 0.528. The van der Waals surface area contributed by atoms with Crippen molar-refractivity contribution >= 4 is 23.0 Å². The lowest BCUT2D eigenvalue weighted by Gasteiger charge is -2.22. The van der Waals surface area contributed by atoms with Gasteiger partial charge in [-0.25, -0.2) is 4.39 Å². The van der Waals surface area contributed by atoms with Crippen LogP contribution in [-0.2, 0) is 0 Å². The van der Waals surface area contributed by atoms with Crippen molar-refractivity contribution < 1.29 is 13.6 Å². The summed E-state index contributed by atoms with van der Waals surface area (Å²) in [4.78, 5) is 18.7. The third-order valence-corrected chi connectivity index (χ3v) is 5.27. The number of carbonyl (C=O) groups is 1. The van der Waals surface area contributed by atoms with Gasteiger partial charge in [0.05, 0.1) is 29.7 Å². The zero-order valence-electron chi connectivity index (χ0n) is 16.0. The first kappa shape index (κ1) is 18.3.